The van der Waals surface area contributed by atoms with Gasteiger partial charge < -0.3 is 0 Å². The van der Waals surface area contributed by atoms with Crippen molar-refractivity contribution < 1.29 is 0 Å². The van der Waals surface area contributed by atoms with Crippen LogP contribution in [0.4, 0.5) is 0 Å². The second-order valence-corrected chi connectivity index (χ2v) is 3.00. The van der Waals surface area contributed by atoms with E-state index in [1.54, 1.807) is 0 Å². The summed E-state index contributed by atoms with van der Waals surface area (Å²) >= 11 is 0. The predicted molar refractivity (Wildman–Crippen MR) is 50.7 cm³/mol. The van der Waals surface area contributed by atoms with Gasteiger partial charge in [0.2, 0.25) is 0 Å². The lowest BCUT2D eigenvalue weighted by atomic mass is 10.4. The quantitative estimate of drug-likeness (QED) is 0.521. The Kier molecular flexibility index (Phi) is 28.4. The third-order valence-electron chi connectivity index (χ3n) is 0.500. The summed E-state index contributed by atoms with van der Waals surface area (Å²) < 4.78 is 1.92. The normalized spacial score (nSPS) is 7.33. The molecule has 0 radical (unpaired) electrons. The largest absolute Gasteiger partial charge is 0.293 e. The van der Waals surface area contributed by atoms with Crippen LogP contribution in [-0.2, 0) is 0 Å². The zero-order valence-electron chi connectivity index (χ0n) is 6.44. The van der Waals surface area contributed by atoms with Crippen LogP contribution < -0.4 is 0 Å². The molecule has 0 saturated heterocycles. The van der Waals surface area contributed by atoms with Crippen molar-refractivity contribution in [2.45, 2.75) is 34.1 Å². The second kappa shape index (κ2) is 15.8. The maximum atomic E-state index is 2.49. The highest BCUT2D eigenvalue weighted by Crippen LogP contribution is 1.78. The van der Waals surface area contributed by atoms with Gasteiger partial charge in [0.25, 0.3) is 0 Å². The molecule has 0 heterocycles. The van der Waals surface area contributed by atoms with Crippen LogP contribution in [0.2, 0.25) is 0 Å². The van der Waals surface area contributed by atoms with Gasteiger partial charge in [0.15, 0.2) is 0 Å². The van der Waals surface area contributed by atoms with Crippen molar-refractivity contribution in [1.82, 2.24) is 4.67 Å². The summed E-state index contributed by atoms with van der Waals surface area (Å²) in [4.78, 5) is 0. The third-order valence-corrected chi connectivity index (χ3v) is 0.500. The van der Waals surface area contributed by atoms with E-state index >= 15 is 0 Å². The predicted octanol–water partition coefficient (Wildman–Crippen LogP) is 2.78. The first kappa shape index (κ1) is 16.2. The zero-order valence-corrected chi connectivity index (χ0v) is 7.59. The molecule has 2 heteroatoms. The fraction of sp³-hybridized carbons (Fsp3) is 1.00. The van der Waals surface area contributed by atoms with Gasteiger partial charge in [-0.1, -0.05) is 43.5 Å². The lowest BCUT2D eigenvalue weighted by Crippen LogP contribution is -1.88. The zero-order chi connectivity index (χ0) is 6.99. The molecule has 0 aromatic carbocycles. The van der Waals surface area contributed by atoms with Gasteiger partial charge in [-0.3, -0.25) is 4.67 Å². The van der Waals surface area contributed by atoms with Gasteiger partial charge in [-0.05, 0) is 14.1 Å². The number of rotatable bonds is 1. The SMILES string of the molecule is C.CCCC.CN(C)P. The Bertz CT molecular complexity index is 25.3. The molecule has 1 unspecified atom stereocenters. The third kappa shape index (κ3) is 177. The molecule has 0 bridgehead atoms. The molecule has 0 aliphatic carbocycles. The minimum Gasteiger partial charge on any atom is -0.293 e. The summed E-state index contributed by atoms with van der Waals surface area (Å²) in [5.74, 6) is 0. The molecule has 9 heavy (non-hydrogen) atoms. The lowest BCUT2D eigenvalue weighted by Gasteiger charge is -1.90. The Morgan fingerprint density at radius 2 is 1.22 bits per heavy atom. The van der Waals surface area contributed by atoms with E-state index in [2.05, 4.69) is 23.2 Å². The van der Waals surface area contributed by atoms with Crippen molar-refractivity contribution in [1.29, 1.82) is 0 Å². The van der Waals surface area contributed by atoms with Gasteiger partial charge in [-0.25, -0.2) is 0 Å². The molecule has 1 nitrogen and oxygen atoms in total. The molecular weight excluding hydrogens is 129 g/mol. The molecule has 0 rings (SSSR count). The summed E-state index contributed by atoms with van der Waals surface area (Å²) in [6.07, 6.45) is 2.64. The molecule has 0 saturated carbocycles. The monoisotopic (exact) mass is 151 g/mol. The number of nitrogens with zero attached hydrogens (tertiary/aromatic N) is 1. The van der Waals surface area contributed by atoms with Crippen LogP contribution in [-0.4, -0.2) is 18.8 Å². The molecule has 0 aliphatic heterocycles. The maximum Gasteiger partial charge on any atom is -0.0102 e. The minimum atomic E-state index is 0. The highest BCUT2D eigenvalue weighted by Gasteiger charge is 1.58. The van der Waals surface area contributed by atoms with E-state index in [0.29, 0.717) is 0 Å². The number of hydrogen-bond donors (Lipinski definition) is 0. The Hall–Kier alpha value is 0.390. The fourth-order valence-electron chi connectivity index (χ4n) is 0. The van der Waals surface area contributed by atoms with Gasteiger partial charge in [0.1, 0.15) is 0 Å². The van der Waals surface area contributed by atoms with E-state index < -0.39 is 0 Å². The van der Waals surface area contributed by atoms with Crippen molar-refractivity contribution in [3.05, 3.63) is 0 Å². The van der Waals surface area contributed by atoms with Gasteiger partial charge in [0.05, 0.1) is 0 Å². The molecule has 0 spiro atoms. The van der Waals surface area contributed by atoms with Crippen LogP contribution in [0, 0.1) is 0 Å². The Balaban J connectivity index is -0.0000000720. The van der Waals surface area contributed by atoms with E-state index in [4.69, 9.17) is 0 Å². The highest BCUT2D eigenvalue weighted by molar-refractivity contribution is 7.13. The lowest BCUT2D eigenvalue weighted by molar-refractivity contribution is 0.703. The van der Waals surface area contributed by atoms with Gasteiger partial charge in [-0.15, -0.1) is 0 Å². The first-order valence-corrected chi connectivity index (χ1v) is 3.58. The number of hydrogen-bond acceptors (Lipinski definition) is 1. The second-order valence-electron chi connectivity index (χ2n) is 1.96. The van der Waals surface area contributed by atoms with E-state index in [1.807, 2.05) is 18.8 Å². The van der Waals surface area contributed by atoms with Crippen LogP contribution in [0.25, 0.3) is 0 Å². The van der Waals surface area contributed by atoms with Crippen LogP contribution in [0.1, 0.15) is 34.1 Å². The smallest absolute Gasteiger partial charge is 0.0102 e. The number of unbranched alkanes of at least 4 members (excludes halogenated alkanes) is 1. The van der Waals surface area contributed by atoms with Gasteiger partial charge in [0, 0.05) is 0 Å². The van der Waals surface area contributed by atoms with E-state index in [9.17, 15) is 0 Å². The average molecular weight is 151 g/mol. The Morgan fingerprint density at radius 3 is 1.22 bits per heavy atom. The molecule has 0 N–H and O–H groups in total. The van der Waals surface area contributed by atoms with Crippen LogP contribution in [0.15, 0.2) is 0 Å². The van der Waals surface area contributed by atoms with Crippen molar-refractivity contribution >= 4 is 9.39 Å². The van der Waals surface area contributed by atoms with Crippen molar-refractivity contribution in [2.24, 2.45) is 0 Å². The molecule has 0 aromatic heterocycles. The van der Waals surface area contributed by atoms with Gasteiger partial charge in [-0.2, -0.15) is 0 Å². The molecule has 1 atom stereocenters. The van der Waals surface area contributed by atoms with Crippen molar-refractivity contribution in [3.8, 4) is 0 Å². The summed E-state index contributed by atoms with van der Waals surface area (Å²) in [7, 11) is 6.42. The molecule has 0 fully saturated rings. The summed E-state index contributed by atoms with van der Waals surface area (Å²) in [5.41, 5.74) is 0. The minimum absolute atomic E-state index is 0. The topological polar surface area (TPSA) is 3.24 Å². The fourth-order valence-corrected chi connectivity index (χ4v) is 0. The molecule has 0 aromatic rings. The summed E-state index contributed by atoms with van der Waals surface area (Å²) in [6.45, 7) is 4.36. The highest BCUT2D eigenvalue weighted by atomic mass is 31.0. The summed E-state index contributed by atoms with van der Waals surface area (Å²) in [6, 6.07) is 0. The van der Waals surface area contributed by atoms with E-state index in [0.717, 1.165) is 0 Å². The van der Waals surface area contributed by atoms with Crippen LogP contribution in [0.5, 0.6) is 0 Å². The first-order valence-electron chi connectivity index (χ1n) is 3.07. The molecule has 0 amide bonds. The Labute approximate surface area is 63.1 Å². The van der Waals surface area contributed by atoms with Crippen LogP contribution >= 0.6 is 9.39 Å². The molecule has 60 valence electrons. The van der Waals surface area contributed by atoms with Crippen LogP contribution in [0.3, 0.4) is 0 Å². The van der Waals surface area contributed by atoms with E-state index in [-0.39, 0.29) is 7.43 Å². The first-order chi connectivity index (χ1) is 3.65. The summed E-state index contributed by atoms with van der Waals surface area (Å²) in [5, 5.41) is 0. The van der Waals surface area contributed by atoms with Crippen molar-refractivity contribution in [3.63, 3.8) is 0 Å². The average Bonchev–Trinajstić information content (AvgIpc) is 1.65. The van der Waals surface area contributed by atoms with Gasteiger partial charge >= 0.3 is 0 Å². The molecule has 0 aliphatic rings. The standard InChI is InChI=1S/C4H10.C2H8NP.CH4/c1-3-4-2;1-3(2)4;/h3-4H2,1-2H3;4H2,1-2H3;1H4. The Morgan fingerprint density at radius 1 is 1.11 bits per heavy atom. The van der Waals surface area contributed by atoms with Crippen molar-refractivity contribution in [2.75, 3.05) is 14.1 Å². The maximum absolute atomic E-state index is 2.49. The van der Waals surface area contributed by atoms with E-state index in [1.165, 1.54) is 12.8 Å². The molecular formula is C7H22NP.